The third-order valence-electron chi connectivity index (χ3n) is 2.53. The van der Waals surface area contributed by atoms with Crippen LogP contribution < -0.4 is 5.32 Å². The van der Waals surface area contributed by atoms with Gasteiger partial charge in [-0.15, -0.1) is 10.2 Å². The Labute approximate surface area is 101 Å². The Morgan fingerprint density at radius 1 is 1.53 bits per heavy atom. The van der Waals surface area contributed by atoms with Gasteiger partial charge in [-0.3, -0.25) is 4.79 Å². The van der Waals surface area contributed by atoms with E-state index in [1.165, 1.54) is 0 Å². The Morgan fingerprint density at radius 3 is 2.71 bits per heavy atom. The molecule has 6 nitrogen and oxygen atoms in total. The quantitative estimate of drug-likeness (QED) is 0.814. The van der Waals surface area contributed by atoms with Gasteiger partial charge in [0.05, 0.1) is 12.6 Å². The molecule has 0 fully saturated rings. The zero-order valence-corrected chi connectivity index (χ0v) is 10.6. The number of hydrogen-bond donors (Lipinski definition) is 1. The van der Waals surface area contributed by atoms with Crippen LogP contribution in [0.25, 0.3) is 0 Å². The number of nitrogens with zero attached hydrogens (tertiary/aromatic N) is 3. The van der Waals surface area contributed by atoms with E-state index in [1.807, 2.05) is 6.92 Å². The van der Waals surface area contributed by atoms with Gasteiger partial charge in [-0.25, -0.2) is 0 Å². The second-order valence-corrected chi connectivity index (χ2v) is 3.77. The SMILES string of the molecule is CNc1ccc(C(=O)N(C)C(C)COC)nn1. The Bertz CT molecular complexity index is 366. The molecule has 1 unspecified atom stereocenters. The summed E-state index contributed by atoms with van der Waals surface area (Å²) in [5.41, 5.74) is 0.328. The minimum Gasteiger partial charge on any atom is -0.383 e. The molecule has 1 atom stereocenters. The molecule has 0 radical (unpaired) electrons. The van der Waals surface area contributed by atoms with Crippen LogP contribution in [0.2, 0.25) is 0 Å². The molecular weight excluding hydrogens is 220 g/mol. The average molecular weight is 238 g/mol. The number of methoxy groups -OCH3 is 1. The molecule has 0 aliphatic carbocycles. The van der Waals surface area contributed by atoms with Crippen LogP contribution in [-0.2, 0) is 4.74 Å². The van der Waals surface area contributed by atoms with Crippen molar-refractivity contribution in [1.82, 2.24) is 15.1 Å². The van der Waals surface area contributed by atoms with Crippen LogP contribution in [0.4, 0.5) is 5.82 Å². The molecule has 0 aliphatic heterocycles. The van der Waals surface area contributed by atoms with Crippen LogP contribution in [-0.4, -0.2) is 54.9 Å². The predicted octanol–water partition coefficient (Wildman–Crippen LogP) is 0.625. The van der Waals surface area contributed by atoms with E-state index in [-0.39, 0.29) is 11.9 Å². The first-order valence-corrected chi connectivity index (χ1v) is 5.37. The highest BCUT2D eigenvalue weighted by Gasteiger charge is 2.18. The molecule has 0 aromatic carbocycles. The van der Waals surface area contributed by atoms with Crippen molar-refractivity contribution in [3.63, 3.8) is 0 Å². The summed E-state index contributed by atoms with van der Waals surface area (Å²) < 4.78 is 5.01. The third kappa shape index (κ3) is 3.39. The molecule has 0 saturated carbocycles. The number of anilines is 1. The molecule has 1 rings (SSSR count). The van der Waals surface area contributed by atoms with Gasteiger partial charge in [0, 0.05) is 21.2 Å². The van der Waals surface area contributed by atoms with Gasteiger partial charge in [-0.2, -0.15) is 0 Å². The molecular formula is C11H18N4O2. The summed E-state index contributed by atoms with van der Waals surface area (Å²) in [5, 5.41) is 10.6. The lowest BCUT2D eigenvalue weighted by atomic mass is 10.2. The van der Waals surface area contributed by atoms with Gasteiger partial charge in [0.25, 0.3) is 5.91 Å². The fraction of sp³-hybridized carbons (Fsp3) is 0.545. The maximum Gasteiger partial charge on any atom is 0.274 e. The highest BCUT2D eigenvalue weighted by atomic mass is 16.5. The van der Waals surface area contributed by atoms with E-state index < -0.39 is 0 Å². The molecule has 17 heavy (non-hydrogen) atoms. The highest BCUT2D eigenvalue weighted by Crippen LogP contribution is 2.06. The number of hydrogen-bond acceptors (Lipinski definition) is 5. The van der Waals surface area contributed by atoms with E-state index in [4.69, 9.17) is 4.74 Å². The first-order chi connectivity index (χ1) is 8.10. The summed E-state index contributed by atoms with van der Waals surface area (Å²) in [5.74, 6) is 0.471. The first-order valence-electron chi connectivity index (χ1n) is 5.37. The van der Waals surface area contributed by atoms with Crippen LogP contribution in [0.15, 0.2) is 12.1 Å². The van der Waals surface area contributed by atoms with Gasteiger partial charge >= 0.3 is 0 Å². The molecule has 1 N–H and O–H groups in total. The van der Waals surface area contributed by atoms with Crippen LogP contribution >= 0.6 is 0 Å². The predicted molar refractivity (Wildman–Crippen MR) is 65.0 cm³/mol. The van der Waals surface area contributed by atoms with Crippen molar-refractivity contribution >= 4 is 11.7 Å². The molecule has 1 aromatic rings. The van der Waals surface area contributed by atoms with E-state index in [9.17, 15) is 4.79 Å². The molecule has 0 bridgehead atoms. The number of likely N-dealkylation sites (N-methyl/N-ethyl adjacent to an activating group) is 1. The number of ether oxygens (including phenoxy) is 1. The topological polar surface area (TPSA) is 67.4 Å². The Balaban J connectivity index is 2.74. The Kier molecular flexibility index (Phi) is 4.84. The lowest BCUT2D eigenvalue weighted by Gasteiger charge is -2.23. The molecule has 0 spiro atoms. The Hall–Kier alpha value is -1.69. The fourth-order valence-electron chi connectivity index (χ4n) is 1.31. The summed E-state index contributed by atoms with van der Waals surface area (Å²) in [7, 11) is 5.08. The molecule has 6 heteroatoms. The molecule has 94 valence electrons. The maximum absolute atomic E-state index is 12.0. The number of nitrogens with one attached hydrogen (secondary N) is 1. The first kappa shape index (κ1) is 13.4. The van der Waals surface area contributed by atoms with Gasteiger partial charge in [-0.1, -0.05) is 0 Å². The molecule has 0 saturated heterocycles. The second-order valence-electron chi connectivity index (χ2n) is 3.77. The van der Waals surface area contributed by atoms with E-state index in [2.05, 4.69) is 15.5 Å². The van der Waals surface area contributed by atoms with Gasteiger partial charge in [0.15, 0.2) is 5.69 Å². The normalized spacial score (nSPS) is 12.0. The van der Waals surface area contributed by atoms with Gasteiger partial charge < -0.3 is 15.0 Å². The van der Waals surface area contributed by atoms with Crippen LogP contribution in [0.3, 0.4) is 0 Å². The number of aromatic nitrogens is 2. The zero-order valence-electron chi connectivity index (χ0n) is 10.6. The van der Waals surface area contributed by atoms with Crippen molar-refractivity contribution in [3.8, 4) is 0 Å². The lowest BCUT2D eigenvalue weighted by Crippen LogP contribution is -2.38. The smallest absolute Gasteiger partial charge is 0.274 e. The monoisotopic (exact) mass is 238 g/mol. The second kappa shape index (κ2) is 6.15. The van der Waals surface area contributed by atoms with Crippen LogP contribution in [0.1, 0.15) is 17.4 Å². The van der Waals surface area contributed by atoms with Gasteiger partial charge in [-0.05, 0) is 19.1 Å². The van der Waals surface area contributed by atoms with Crippen LogP contribution in [0.5, 0.6) is 0 Å². The summed E-state index contributed by atoms with van der Waals surface area (Å²) >= 11 is 0. The molecule has 0 aliphatic rings. The maximum atomic E-state index is 12.0. The summed E-state index contributed by atoms with van der Waals surface area (Å²) in [6, 6.07) is 3.37. The highest BCUT2D eigenvalue weighted by molar-refractivity contribution is 5.92. The van der Waals surface area contributed by atoms with Gasteiger partial charge in [0.2, 0.25) is 0 Å². The van der Waals surface area contributed by atoms with Crippen molar-refractivity contribution in [2.75, 3.05) is 33.1 Å². The van der Waals surface area contributed by atoms with E-state index in [1.54, 1.807) is 38.2 Å². The molecule has 1 aromatic heterocycles. The van der Waals surface area contributed by atoms with Crippen molar-refractivity contribution in [1.29, 1.82) is 0 Å². The minimum absolute atomic E-state index is 0.00160. The van der Waals surface area contributed by atoms with Crippen molar-refractivity contribution in [3.05, 3.63) is 17.8 Å². The minimum atomic E-state index is -0.162. The molecule has 1 amide bonds. The third-order valence-corrected chi connectivity index (χ3v) is 2.53. The molecule has 1 heterocycles. The summed E-state index contributed by atoms with van der Waals surface area (Å²) in [4.78, 5) is 13.6. The Morgan fingerprint density at radius 2 is 2.24 bits per heavy atom. The zero-order chi connectivity index (χ0) is 12.8. The van der Waals surface area contributed by atoms with Crippen molar-refractivity contribution in [2.24, 2.45) is 0 Å². The van der Waals surface area contributed by atoms with Gasteiger partial charge in [0.1, 0.15) is 5.82 Å². The largest absolute Gasteiger partial charge is 0.383 e. The number of rotatable bonds is 5. The van der Waals surface area contributed by atoms with E-state index >= 15 is 0 Å². The summed E-state index contributed by atoms with van der Waals surface area (Å²) in [6.45, 7) is 2.40. The lowest BCUT2D eigenvalue weighted by molar-refractivity contribution is 0.0627. The summed E-state index contributed by atoms with van der Waals surface area (Å²) in [6.07, 6.45) is 0. The van der Waals surface area contributed by atoms with Crippen LogP contribution in [0, 0.1) is 0 Å². The number of carbonyl (C=O) groups is 1. The van der Waals surface area contributed by atoms with Crippen molar-refractivity contribution < 1.29 is 9.53 Å². The van der Waals surface area contributed by atoms with E-state index in [0.29, 0.717) is 18.1 Å². The number of carbonyl (C=O) groups excluding carboxylic acids is 1. The fourth-order valence-corrected chi connectivity index (χ4v) is 1.31. The standard InChI is InChI=1S/C11H18N4O2/c1-8(7-17-4)15(3)11(16)9-5-6-10(12-2)14-13-9/h5-6,8H,7H2,1-4H3,(H,12,14). The number of amides is 1. The van der Waals surface area contributed by atoms with Crippen molar-refractivity contribution in [2.45, 2.75) is 13.0 Å². The average Bonchev–Trinajstić information content (AvgIpc) is 2.37. The van der Waals surface area contributed by atoms with E-state index in [0.717, 1.165) is 0 Å².